The lowest BCUT2D eigenvalue weighted by Crippen LogP contribution is -2.22. The Labute approximate surface area is 183 Å². The minimum Gasteiger partial charge on any atom is -0.301 e. The van der Waals surface area contributed by atoms with Crippen LogP contribution in [0.5, 0.6) is 0 Å². The SMILES string of the molecule is CC(Sc1nc(C(C)C)ccc1C#N)C(=O)Nc1nc(-c2ccccc2Cl)cs1. The molecule has 0 radical (unpaired) electrons. The minimum atomic E-state index is -0.440. The van der Waals surface area contributed by atoms with Crippen LogP contribution in [0.2, 0.25) is 5.02 Å². The monoisotopic (exact) mass is 442 g/mol. The van der Waals surface area contributed by atoms with Crippen molar-refractivity contribution in [2.75, 3.05) is 5.32 Å². The van der Waals surface area contributed by atoms with Gasteiger partial charge in [-0.2, -0.15) is 5.26 Å². The fourth-order valence-corrected chi connectivity index (χ4v) is 4.35. The van der Waals surface area contributed by atoms with Crippen LogP contribution in [-0.2, 0) is 4.79 Å². The predicted octanol–water partition coefficient (Wildman–Crippen LogP) is 5.97. The lowest BCUT2D eigenvalue weighted by molar-refractivity contribution is -0.115. The zero-order valence-electron chi connectivity index (χ0n) is 16.1. The second kappa shape index (κ2) is 9.40. The Morgan fingerprint density at radius 1 is 1.21 bits per heavy atom. The Bertz CT molecular complexity index is 1070. The number of benzene rings is 1. The number of halogens is 1. The Morgan fingerprint density at radius 3 is 2.66 bits per heavy atom. The number of thioether (sulfide) groups is 1. The Kier molecular flexibility index (Phi) is 6.91. The highest BCUT2D eigenvalue weighted by Crippen LogP contribution is 2.31. The molecule has 0 bridgehead atoms. The molecule has 3 aromatic rings. The molecule has 0 spiro atoms. The second-order valence-electron chi connectivity index (χ2n) is 6.62. The zero-order chi connectivity index (χ0) is 21.0. The Hall–Kier alpha value is -2.40. The third-order valence-corrected chi connectivity index (χ3v) is 6.32. The predicted molar refractivity (Wildman–Crippen MR) is 120 cm³/mol. The summed E-state index contributed by atoms with van der Waals surface area (Å²) in [6, 6.07) is 13.2. The number of carbonyl (C=O) groups is 1. The molecule has 0 fully saturated rings. The topological polar surface area (TPSA) is 78.7 Å². The maximum absolute atomic E-state index is 12.6. The van der Waals surface area contributed by atoms with Gasteiger partial charge in [-0.3, -0.25) is 4.79 Å². The molecule has 1 amide bonds. The van der Waals surface area contributed by atoms with Gasteiger partial charge < -0.3 is 5.32 Å². The molecule has 0 aliphatic rings. The van der Waals surface area contributed by atoms with Crippen molar-refractivity contribution in [3.63, 3.8) is 0 Å². The largest absolute Gasteiger partial charge is 0.301 e. The van der Waals surface area contributed by atoms with E-state index in [0.717, 1.165) is 11.3 Å². The van der Waals surface area contributed by atoms with Gasteiger partial charge in [0.1, 0.15) is 11.1 Å². The quantitative estimate of drug-likeness (QED) is 0.475. The first kappa shape index (κ1) is 21.3. The Balaban J connectivity index is 1.72. The van der Waals surface area contributed by atoms with Crippen molar-refractivity contribution in [2.24, 2.45) is 0 Å². The van der Waals surface area contributed by atoms with E-state index in [1.54, 1.807) is 19.1 Å². The number of hydrogen-bond donors (Lipinski definition) is 1. The molecule has 29 heavy (non-hydrogen) atoms. The van der Waals surface area contributed by atoms with Crippen LogP contribution in [-0.4, -0.2) is 21.1 Å². The van der Waals surface area contributed by atoms with E-state index in [-0.39, 0.29) is 11.8 Å². The number of hydrogen-bond acceptors (Lipinski definition) is 6. The van der Waals surface area contributed by atoms with Crippen molar-refractivity contribution in [2.45, 2.75) is 37.0 Å². The summed E-state index contributed by atoms with van der Waals surface area (Å²) < 4.78 is 0. The summed E-state index contributed by atoms with van der Waals surface area (Å²) in [4.78, 5) is 21.7. The van der Waals surface area contributed by atoms with Crippen molar-refractivity contribution in [3.05, 3.63) is 58.1 Å². The van der Waals surface area contributed by atoms with E-state index in [2.05, 4.69) is 21.4 Å². The number of nitrogens with one attached hydrogen (secondary N) is 1. The Morgan fingerprint density at radius 2 is 1.97 bits per heavy atom. The van der Waals surface area contributed by atoms with E-state index in [1.807, 2.05) is 43.5 Å². The van der Waals surface area contributed by atoms with E-state index in [1.165, 1.54) is 23.1 Å². The third kappa shape index (κ3) is 5.15. The molecule has 1 atom stereocenters. The highest BCUT2D eigenvalue weighted by atomic mass is 35.5. The van der Waals surface area contributed by atoms with Crippen molar-refractivity contribution in [3.8, 4) is 17.3 Å². The lowest BCUT2D eigenvalue weighted by atomic mass is 10.1. The second-order valence-corrected chi connectivity index (χ2v) is 9.22. The van der Waals surface area contributed by atoms with Gasteiger partial charge in [-0.15, -0.1) is 11.3 Å². The molecule has 2 heterocycles. The maximum atomic E-state index is 12.6. The van der Waals surface area contributed by atoms with Crippen LogP contribution in [0.15, 0.2) is 46.8 Å². The molecule has 0 aliphatic carbocycles. The van der Waals surface area contributed by atoms with Crippen LogP contribution >= 0.6 is 34.7 Å². The first-order chi connectivity index (χ1) is 13.9. The summed E-state index contributed by atoms with van der Waals surface area (Å²) in [5.41, 5.74) is 2.90. The van der Waals surface area contributed by atoms with Gasteiger partial charge >= 0.3 is 0 Å². The maximum Gasteiger partial charge on any atom is 0.239 e. The number of aromatic nitrogens is 2. The number of amides is 1. The molecule has 148 valence electrons. The summed E-state index contributed by atoms with van der Waals surface area (Å²) in [6.07, 6.45) is 0. The standard InChI is InChI=1S/C21H19ClN4OS2/c1-12(2)17-9-8-14(10-23)20(24-17)29-13(3)19(27)26-21-25-18(11-28-21)15-6-4-5-7-16(15)22/h4-9,11-13H,1-3H3,(H,25,26,27). The van der Waals surface area contributed by atoms with Gasteiger partial charge in [0.05, 0.1) is 16.5 Å². The molecule has 8 heteroatoms. The zero-order valence-corrected chi connectivity index (χ0v) is 18.5. The van der Waals surface area contributed by atoms with Gasteiger partial charge in [0.2, 0.25) is 5.91 Å². The molecular formula is C21H19ClN4OS2. The molecule has 0 saturated carbocycles. The van der Waals surface area contributed by atoms with E-state index in [4.69, 9.17) is 11.6 Å². The average Bonchev–Trinajstić information content (AvgIpc) is 3.16. The van der Waals surface area contributed by atoms with Gasteiger partial charge in [-0.1, -0.05) is 55.4 Å². The van der Waals surface area contributed by atoms with Gasteiger partial charge in [0.25, 0.3) is 0 Å². The summed E-state index contributed by atoms with van der Waals surface area (Å²) in [5, 5.41) is 15.3. The minimum absolute atomic E-state index is 0.198. The molecule has 3 rings (SSSR count). The van der Waals surface area contributed by atoms with Crippen molar-refractivity contribution in [1.82, 2.24) is 9.97 Å². The van der Waals surface area contributed by atoms with Crippen LogP contribution in [0, 0.1) is 11.3 Å². The van der Waals surface area contributed by atoms with Gasteiger partial charge in [-0.05, 0) is 31.0 Å². The molecular weight excluding hydrogens is 424 g/mol. The van der Waals surface area contributed by atoms with Crippen LogP contribution in [0.25, 0.3) is 11.3 Å². The number of carbonyl (C=O) groups excluding carboxylic acids is 1. The normalized spacial score (nSPS) is 11.9. The molecule has 1 N–H and O–H groups in total. The lowest BCUT2D eigenvalue weighted by Gasteiger charge is -2.13. The molecule has 0 aliphatic heterocycles. The van der Waals surface area contributed by atoms with Crippen LogP contribution in [0.1, 0.15) is 37.9 Å². The first-order valence-electron chi connectivity index (χ1n) is 8.98. The van der Waals surface area contributed by atoms with Crippen LogP contribution in [0.3, 0.4) is 0 Å². The fraction of sp³-hybridized carbons (Fsp3) is 0.238. The number of rotatable bonds is 6. The van der Waals surface area contributed by atoms with Gasteiger partial charge in [-0.25, -0.2) is 9.97 Å². The summed E-state index contributed by atoms with van der Waals surface area (Å²) in [7, 11) is 0. The van der Waals surface area contributed by atoms with E-state index >= 15 is 0 Å². The van der Waals surface area contributed by atoms with Crippen molar-refractivity contribution >= 4 is 45.7 Å². The molecule has 2 aromatic heterocycles. The number of thiazole rings is 1. The highest BCUT2D eigenvalue weighted by Gasteiger charge is 2.20. The average molecular weight is 443 g/mol. The summed E-state index contributed by atoms with van der Waals surface area (Å²) in [5.74, 6) is 0.0421. The van der Waals surface area contributed by atoms with E-state index < -0.39 is 5.25 Å². The fourth-order valence-electron chi connectivity index (χ4n) is 2.50. The third-order valence-electron chi connectivity index (χ3n) is 4.14. The number of anilines is 1. The number of pyridine rings is 1. The van der Waals surface area contributed by atoms with E-state index in [9.17, 15) is 10.1 Å². The summed E-state index contributed by atoms with van der Waals surface area (Å²) in [6.45, 7) is 5.86. The van der Waals surface area contributed by atoms with Crippen LogP contribution in [0.4, 0.5) is 5.13 Å². The molecule has 1 unspecified atom stereocenters. The van der Waals surface area contributed by atoms with Gasteiger partial charge in [0, 0.05) is 21.7 Å². The molecule has 0 saturated heterocycles. The molecule has 5 nitrogen and oxygen atoms in total. The van der Waals surface area contributed by atoms with Gasteiger partial charge in [0.15, 0.2) is 5.13 Å². The highest BCUT2D eigenvalue weighted by molar-refractivity contribution is 8.00. The molecule has 1 aromatic carbocycles. The summed E-state index contributed by atoms with van der Waals surface area (Å²) >= 11 is 8.83. The smallest absolute Gasteiger partial charge is 0.239 e. The van der Waals surface area contributed by atoms with Crippen LogP contribution < -0.4 is 5.32 Å². The van der Waals surface area contributed by atoms with Crippen molar-refractivity contribution in [1.29, 1.82) is 5.26 Å². The van der Waals surface area contributed by atoms with E-state index in [0.29, 0.717) is 26.4 Å². The first-order valence-corrected chi connectivity index (χ1v) is 11.1. The van der Waals surface area contributed by atoms with Crippen molar-refractivity contribution < 1.29 is 4.79 Å². The number of nitrogens with zero attached hydrogens (tertiary/aromatic N) is 3. The number of nitriles is 1.